The number of carbonyl (C=O) groups is 2. The van der Waals surface area contributed by atoms with Crippen molar-refractivity contribution in [2.45, 2.75) is 24.7 Å². The fraction of sp³-hybridized carbons (Fsp3) is 0.360. The van der Waals surface area contributed by atoms with Gasteiger partial charge in [-0.3, -0.25) is 10.1 Å². The number of aromatic hydroxyl groups is 1. The van der Waals surface area contributed by atoms with Gasteiger partial charge in [-0.1, -0.05) is 35.3 Å². The molecule has 2 aromatic rings. The van der Waals surface area contributed by atoms with Crippen molar-refractivity contribution in [3.8, 4) is 11.9 Å². The Hall–Kier alpha value is -3.33. The van der Waals surface area contributed by atoms with E-state index < -0.39 is 43.8 Å². The predicted octanol–water partition coefficient (Wildman–Crippen LogP) is 1.21. The van der Waals surface area contributed by atoms with Crippen LogP contribution in [-0.2, 0) is 15.8 Å². The Bertz CT molecular complexity index is 1370. The lowest BCUT2D eigenvalue weighted by molar-refractivity contribution is -0.138. The maximum Gasteiger partial charge on any atom is 0.328 e. The molecule has 0 aromatic heterocycles. The van der Waals surface area contributed by atoms with Crippen molar-refractivity contribution in [1.82, 2.24) is 15.5 Å². The Balaban J connectivity index is 1.72. The van der Waals surface area contributed by atoms with E-state index in [0.29, 0.717) is 17.3 Å². The number of carboxylic acids is 1. The van der Waals surface area contributed by atoms with Crippen molar-refractivity contribution >= 4 is 53.5 Å². The number of rotatable bonds is 9. The van der Waals surface area contributed by atoms with Crippen LogP contribution in [-0.4, -0.2) is 93.9 Å². The minimum Gasteiger partial charge on any atom is -0.508 e. The highest BCUT2D eigenvalue weighted by atomic mass is 35.5. The summed E-state index contributed by atoms with van der Waals surface area (Å²) in [6, 6.07) is 7.66. The van der Waals surface area contributed by atoms with Crippen LogP contribution in [0.4, 0.5) is 0 Å². The first-order chi connectivity index (χ1) is 18.8. The number of nitriles is 1. The van der Waals surface area contributed by atoms with Crippen LogP contribution in [0.5, 0.6) is 5.75 Å². The Kier molecular flexibility index (Phi) is 10.4. The van der Waals surface area contributed by atoms with E-state index in [1.54, 1.807) is 25.0 Å². The molecule has 3 rings (SSSR count). The zero-order valence-electron chi connectivity index (χ0n) is 21.3. The van der Waals surface area contributed by atoms with E-state index in [2.05, 4.69) is 15.6 Å². The van der Waals surface area contributed by atoms with Gasteiger partial charge >= 0.3 is 5.97 Å². The second-order valence-corrected chi connectivity index (χ2v) is 13.3. The number of aryl methyl sites for hydroxylation is 1. The molecule has 6 N–H and O–H groups in total. The lowest BCUT2D eigenvalue weighted by Gasteiger charge is -2.20. The molecule has 0 saturated carbocycles. The van der Waals surface area contributed by atoms with Crippen LogP contribution in [0.2, 0.25) is 10.0 Å². The number of guanidine groups is 1. The number of carboxylic acid groups (broad SMARTS) is 1. The van der Waals surface area contributed by atoms with Crippen molar-refractivity contribution in [3.05, 3.63) is 57.6 Å². The Morgan fingerprint density at radius 1 is 1.20 bits per heavy atom. The summed E-state index contributed by atoms with van der Waals surface area (Å²) in [6.07, 6.45) is 0.0888. The SMILES string of the molecule is CP(=O)(CCc1cc(Cl)c(C(=O)N[C@@H](CN=C(NC#N)N2C[C@@H](O)[C@H](O)C2)C(=O)O)c(Cl)c1)c1cccc(O)c1. The average Bonchev–Trinajstić information content (AvgIpc) is 3.21. The van der Waals surface area contributed by atoms with Gasteiger partial charge in [-0.15, -0.1) is 0 Å². The smallest absolute Gasteiger partial charge is 0.328 e. The molecule has 40 heavy (non-hydrogen) atoms. The van der Waals surface area contributed by atoms with Crippen LogP contribution in [0.1, 0.15) is 15.9 Å². The second-order valence-electron chi connectivity index (χ2n) is 9.33. The van der Waals surface area contributed by atoms with Crippen LogP contribution >= 0.6 is 30.3 Å². The third kappa shape index (κ3) is 7.87. The number of aliphatic carboxylic acids is 1. The minimum atomic E-state index is -2.82. The fourth-order valence-corrected chi connectivity index (χ4v) is 6.50. The molecule has 1 aliphatic rings. The summed E-state index contributed by atoms with van der Waals surface area (Å²) in [7, 11) is -2.82. The van der Waals surface area contributed by atoms with E-state index >= 15 is 0 Å². The van der Waals surface area contributed by atoms with Crippen LogP contribution in [0.25, 0.3) is 0 Å². The zero-order chi connectivity index (χ0) is 29.6. The maximum absolute atomic E-state index is 13.2. The highest BCUT2D eigenvalue weighted by Gasteiger charge is 2.32. The van der Waals surface area contributed by atoms with E-state index in [1.807, 2.05) is 0 Å². The normalized spacial score (nSPS) is 19.4. The number of amides is 1. The van der Waals surface area contributed by atoms with E-state index in [0.717, 1.165) is 0 Å². The summed E-state index contributed by atoms with van der Waals surface area (Å²) in [4.78, 5) is 30.2. The number of nitrogens with one attached hydrogen (secondary N) is 2. The number of β-amino-alcohol motifs (C(OH)–C–C–N with tert-alkyl or cyclic N) is 2. The Morgan fingerprint density at radius 3 is 2.38 bits per heavy atom. The summed E-state index contributed by atoms with van der Waals surface area (Å²) in [5, 5.41) is 52.9. The van der Waals surface area contributed by atoms with Gasteiger partial charge in [-0.2, -0.15) is 5.26 Å². The molecule has 1 fully saturated rings. The number of hydrogen-bond donors (Lipinski definition) is 6. The summed E-state index contributed by atoms with van der Waals surface area (Å²) in [5.74, 6) is -2.34. The number of aliphatic imine (C=N–C) groups is 1. The minimum absolute atomic E-state index is 0.0116. The fourth-order valence-electron chi connectivity index (χ4n) is 4.05. The van der Waals surface area contributed by atoms with Gasteiger partial charge < -0.3 is 35.2 Å². The van der Waals surface area contributed by atoms with Crippen molar-refractivity contribution in [2.24, 2.45) is 4.99 Å². The number of carbonyl (C=O) groups excluding carboxylic acids is 1. The predicted molar refractivity (Wildman–Crippen MR) is 150 cm³/mol. The molecule has 2 aromatic carbocycles. The summed E-state index contributed by atoms with van der Waals surface area (Å²) in [6.45, 7) is 1.06. The van der Waals surface area contributed by atoms with Crippen LogP contribution in [0.3, 0.4) is 0 Å². The number of phenols is 1. The molecule has 0 spiro atoms. The molecule has 0 bridgehead atoms. The number of aliphatic hydroxyl groups excluding tert-OH is 2. The molecule has 214 valence electrons. The van der Waals surface area contributed by atoms with Gasteiger partial charge in [0.25, 0.3) is 5.91 Å². The summed E-state index contributed by atoms with van der Waals surface area (Å²) in [5.41, 5.74) is 0.450. The number of aliphatic hydroxyl groups is 2. The number of likely N-dealkylation sites (tertiary alicyclic amines) is 1. The first-order valence-electron chi connectivity index (χ1n) is 12.0. The molecule has 12 nitrogen and oxygen atoms in total. The Morgan fingerprint density at radius 2 is 1.82 bits per heavy atom. The molecule has 1 heterocycles. The van der Waals surface area contributed by atoms with Gasteiger partial charge in [0, 0.05) is 24.6 Å². The second kappa shape index (κ2) is 13.4. The molecule has 15 heteroatoms. The molecule has 1 saturated heterocycles. The van der Waals surface area contributed by atoms with Gasteiger partial charge in [0.05, 0.1) is 34.4 Å². The molecular formula is C25H28Cl2N5O7P. The largest absolute Gasteiger partial charge is 0.508 e. The van der Waals surface area contributed by atoms with Crippen LogP contribution < -0.4 is 15.9 Å². The van der Waals surface area contributed by atoms with Crippen LogP contribution in [0, 0.1) is 11.5 Å². The summed E-state index contributed by atoms with van der Waals surface area (Å²) < 4.78 is 13.2. The molecule has 4 atom stereocenters. The molecule has 0 aliphatic carbocycles. The van der Waals surface area contributed by atoms with Crippen molar-refractivity contribution in [2.75, 3.05) is 32.5 Å². The number of hydrogen-bond acceptors (Lipinski definition) is 8. The molecule has 1 amide bonds. The highest BCUT2D eigenvalue weighted by molar-refractivity contribution is 7.70. The van der Waals surface area contributed by atoms with Crippen molar-refractivity contribution in [3.63, 3.8) is 0 Å². The Labute approximate surface area is 240 Å². The van der Waals surface area contributed by atoms with Gasteiger partial charge in [0.15, 0.2) is 6.19 Å². The number of phenolic OH excluding ortho intramolecular Hbond substituents is 1. The number of benzene rings is 2. The van der Waals surface area contributed by atoms with E-state index in [1.165, 1.54) is 29.2 Å². The lowest BCUT2D eigenvalue weighted by Crippen LogP contribution is -2.45. The monoisotopic (exact) mass is 611 g/mol. The van der Waals surface area contributed by atoms with Gasteiger partial charge in [-0.05, 0) is 42.9 Å². The average molecular weight is 612 g/mol. The lowest BCUT2D eigenvalue weighted by atomic mass is 10.1. The highest BCUT2D eigenvalue weighted by Crippen LogP contribution is 2.41. The molecule has 1 aliphatic heterocycles. The topological polar surface area (TPSA) is 196 Å². The third-order valence-electron chi connectivity index (χ3n) is 6.29. The van der Waals surface area contributed by atoms with Crippen molar-refractivity contribution < 1.29 is 34.6 Å². The maximum atomic E-state index is 13.2. The zero-order valence-corrected chi connectivity index (χ0v) is 23.7. The van der Waals surface area contributed by atoms with E-state index in [-0.39, 0.29) is 46.6 Å². The van der Waals surface area contributed by atoms with Crippen LogP contribution in [0.15, 0.2) is 41.4 Å². The van der Waals surface area contributed by atoms with Crippen molar-refractivity contribution in [1.29, 1.82) is 5.26 Å². The quantitative estimate of drug-likeness (QED) is 0.0788. The van der Waals surface area contributed by atoms with Gasteiger partial charge in [-0.25, -0.2) is 9.79 Å². The number of halogens is 2. The molecule has 1 unspecified atom stereocenters. The third-order valence-corrected chi connectivity index (χ3v) is 9.33. The van der Waals surface area contributed by atoms with E-state index in [4.69, 9.17) is 28.5 Å². The van der Waals surface area contributed by atoms with Gasteiger partial charge in [0.2, 0.25) is 5.96 Å². The standard InChI is InChI=1S/C25H28Cl2N5O7P/c1-40(39,16-4-2-3-15(33)9-16)6-5-14-7-17(26)22(18(27)8-14)23(36)31-19(24(37)38)10-29-25(30-13-28)32-11-20(34)21(35)12-32/h2-4,7-9,19-21,33-35H,5-6,10-12H2,1H3,(H,29,30)(H,31,36)(H,37,38)/t19-,20+,21+,40?/m0/s1. The number of nitrogens with zero attached hydrogens (tertiary/aromatic N) is 3. The molecule has 0 radical (unpaired) electrons. The molecular weight excluding hydrogens is 584 g/mol. The summed E-state index contributed by atoms with van der Waals surface area (Å²) >= 11 is 12.7. The first kappa shape index (κ1) is 31.2. The van der Waals surface area contributed by atoms with Gasteiger partial charge in [0.1, 0.15) is 18.9 Å². The first-order valence-corrected chi connectivity index (χ1v) is 15.1. The van der Waals surface area contributed by atoms with E-state index in [9.17, 15) is 34.6 Å².